The van der Waals surface area contributed by atoms with Gasteiger partial charge in [-0.05, 0) is 13.0 Å². The molecule has 0 radical (unpaired) electrons. The summed E-state index contributed by atoms with van der Waals surface area (Å²) in [6.45, 7) is 1.64. The third-order valence-corrected chi connectivity index (χ3v) is 1.73. The molecule has 5 N–H and O–H groups in total. The largest absolute Gasteiger partial charge is 0.395 e. The molecule has 72 valence electrons. The van der Waals surface area contributed by atoms with E-state index in [1.54, 1.807) is 6.92 Å². The number of aromatic nitrogens is 1. The number of aliphatic hydroxyl groups excluding tert-OH is 1. The number of pyridine rings is 1. The van der Waals surface area contributed by atoms with Crippen LogP contribution in [-0.2, 0) is 0 Å². The second-order valence-electron chi connectivity index (χ2n) is 2.95. The van der Waals surface area contributed by atoms with Gasteiger partial charge in [-0.2, -0.15) is 4.39 Å². The van der Waals surface area contributed by atoms with E-state index in [-0.39, 0.29) is 5.69 Å². The number of anilines is 1. The maximum Gasteiger partial charge on any atom is 0.236 e. The number of hydrogen-bond acceptors (Lipinski definition) is 4. The van der Waals surface area contributed by atoms with Crippen LogP contribution < -0.4 is 11.5 Å². The highest BCUT2D eigenvalue weighted by atomic mass is 19.1. The van der Waals surface area contributed by atoms with Gasteiger partial charge < -0.3 is 16.6 Å². The van der Waals surface area contributed by atoms with Gasteiger partial charge in [0.1, 0.15) is 0 Å². The Morgan fingerprint density at radius 1 is 1.62 bits per heavy atom. The summed E-state index contributed by atoms with van der Waals surface area (Å²) in [5, 5.41) is 9.47. The fourth-order valence-electron chi connectivity index (χ4n) is 0.947. The lowest BCUT2D eigenvalue weighted by molar-refractivity contribution is 0.153. The van der Waals surface area contributed by atoms with Gasteiger partial charge in [0.15, 0.2) is 0 Å². The van der Waals surface area contributed by atoms with Crippen LogP contribution in [0.25, 0.3) is 0 Å². The zero-order chi connectivity index (χ0) is 10.0. The third kappa shape index (κ3) is 2.13. The molecule has 1 aromatic heterocycles. The summed E-state index contributed by atoms with van der Waals surface area (Å²) in [5.41, 5.74) is 11.1. The van der Waals surface area contributed by atoms with E-state index in [4.69, 9.17) is 11.5 Å². The molecule has 1 heterocycles. The van der Waals surface area contributed by atoms with Gasteiger partial charge >= 0.3 is 0 Å². The highest BCUT2D eigenvalue weighted by Gasteiger charge is 2.14. The van der Waals surface area contributed by atoms with Gasteiger partial charge in [0, 0.05) is 17.8 Å². The Bertz CT molecular complexity index is 303. The molecule has 0 aliphatic heterocycles. The van der Waals surface area contributed by atoms with Crippen LogP contribution in [0, 0.1) is 5.95 Å². The van der Waals surface area contributed by atoms with Crippen molar-refractivity contribution in [3.05, 3.63) is 23.8 Å². The van der Waals surface area contributed by atoms with Crippen LogP contribution in [0.1, 0.15) is 18.6 Å². The molecule has 0 amide bonds. The molecule has 0 aromatic carbocycles. The number of halogens is 1. The Labute approximate surface area is 75.4 Å². The van der Waals surface area contributed by atoms with E-state index in [0.717, 1.165) is 0 Å². The van der Waals surface area contributed by atoms with Crippen LogP contribution in [0.3, 0.4) is 0 Å². The third-order valence-electron chi connectivity index (χ3n) is 1.73. The molecule has 2 atom stereocenters. The fourth-order valence-corrected chi connectivity index (χ4v) is 0.947. The van der Waals surface area contributed by atoms with E-state index in [1.165, 1.54) is 12.3 Å². The van der Waals surface area contributed by atoms with E-state index >= 15 is 0 Å². The molecule has 0 bridgehead atoms. The van der Waals surface area contributed by atoms with Gasteiger partial charge in [0.25, 0.3) is 0 Å². The number of nitrogens with two attached hydrogens (primary N) is 2. The van der Waals surface area contributed by atoms with Crippen molar-refractivity contribution < 1.29 is 9.50 Å². The average Bonchev–Trinajstić information content (AvgIpc) is 2.08. The zero-order valence-electron chi connectivity index (χ0n) is 7.24. The van der Waals surface area contributed by atoms with Crippen molar-refractivity contribution in [2.45, 2.75) is 19.1 Å². The van der Waals surface area contributed by atoms with Gasteiger partial charge in [0.2, 0.25) is 5.95 Å². The van der Waals surface area contributed by atoms with Crippen molar-refractivity contribution in [3.63, 3.8) is 0 Å². The van der Waals surface area contributed by atoms with Crippen molar-refractivity contribution in [1.29, 1.82) is 0 Å². The topological polar surface area (TPSA) is 85.2 Å². The van der Waals surface area contributed by atoms with E-state index in [1.807, 2.05) is 0 Å². The van der Waals surface area contributed by atoms with Crippen molar-refractivity contribution in [2.24, 2.45) is 5.73 Å². The first-order valence-electron chi connectivity index (χ1n) is 3.87. The molecule has 13 heavy (non-hydrogen) atoms. The van der Waals surface area contributed by atoms with E-state index in [0.29, 0.717) is 5.56 Å². The summed E-state index contributed by atoms with van der Waals surface area (Å²) >= 11 is 0. The van der Waals surface area contributed by atoms with Crippen LogP contribution in [0.15, 0.2) is 12.3 Å². The molecule has 0 saturated carbocycles. The summed E-state index contributed by atoms with van der Waals surface area (Å²) < 4.78 is 12.6. The minimum atomic E-state index is -0.865. The molecule has 2 unspecified atom stereocenters. The standard InChI is InChI=1S/C8H12FN3O/c1-4(10)7(13)5-2-6(11)8(9)12-3-5/h2-4,7,13H,10-11H2,1H3. The molecule has 0 aliphatic rings. The first kappa shape index (κ1) is 9.88. The Kier molecular flexibility index (Phi) is 2.79. The molecule has 0 saturated heterocycles. The average molecular weight is 185 g/mol. The maximum absolute atomic E-state index is 12.6. The summed E-state index contributed by atoms with van der Waals surface area (Å²) in [6.07, 6.45) is 0.357. The quantitative estimate of drug-likeness (QED) is 0.574. The van der Waals surface area contributed by atoms with E-state index in [2.05, 4.69) is 4.98 Å². The van der Waals surface area contributed by atoms with Crippen LogP contribution >= 0.6 is 0 Å². The normalized spacial score (nSPS) is 15.4. The molecule has 5 heteroatoms. The van der Waals surface area contributed by atoms with Crippen molar-refractivity contribution in [1.82, 2.24) is 4.98 Å². The van der Waals surface area contributed by atoms with Crippen molar-refractivity contribution in [2.75, 3.05) is 5.73 Å². The molecular weight excluding hydrogens is 173 g/mol. The Balaban J connectivity index is 2.97. The summed E-state index contributed by atoms with van der Waals surface area (Å²) in [4.78, 5) is 3.37. The number of aliphatic hydroxyl groups is 1. The van der Waals surface area contributed by atoms with Crippen LogP contribution in [0.2, 0.25) is 0 Å². The summed E-state index contributed by atoms with van der Waals surface area (Å²) in [7, 11) is 0. The Morgan fingerprint density at radius 3 is 2.69 bits per heavy atom. The minimum Gasteiger partial charge on any atom is -0.395 e. The SMILES string of the molecule is CC(N)C(O)c1cnc(F)c(N)c1. The van der Waals surface area contributed by atoms with Crippen LogP contribution in [0.4, 0.5) is 10.1 Å². The monoisotopic (exact) mass is 185 g/mol. The molecule has 4 nitrogen and oxygen atoms in total. The molecule has 0 aliphatic carbocycles. The predicted molar refractivity (Wildman–Crippen MR) is 47.2 cm³/mol. The molecule has 0 fully saturated rings. The molecular formula is C8H12FN3O. The van der Waals surface area contributed by atoms with Crippen molar-refractivity contribution >= 4 is 5.69 Å². The number of rotatable bonds is 2. The van der Waals surface area contributed by atoms with E-state index in [9.17, 15) is 9.50 Å². The Hall–Kier alpha value is -1.20. The maximum atomic E-state index is 12.6. The van der Waals surface area contributed by atoms with E-state index < -0.39 is 18.1 Å². The first-order chi connectivity index (χ1) is 6.02. The van der Waals surface area contributed by atoms with Gasteiger partial charge in [-0.1, -0.05) is 0 Å². The highest BCUT2D eigenvalue weighted by Crippen LogP contribution is 2.18. The Morgan fingerprint density at radius 2 is 2.23 bits per heavy atom. The van der Waals surface area contributed by atoms with Gasteiger partial charge in [0.05, 0.1) is 11.8 Å². The van der Waals surface area contributed by atoms with Crippen LogP contribution in [-0.4, -0.2) is 16.1 Å². The van der Waals surface area contributed by atoms with Gasteiger partial charge in [-0.3, -0.25) is 0 Å². The van der Waals surface area contributed by atoms with Gasteiger partial charge in [-0.25, -0.2) is 4.98 Å². The second kappa shape index (κ2) is 3.68. The molecule has 1 aromatic rings. The lowest BCUT2D eigenvalue weighted by Crippen LogP contribution is -2.24. The summed E-state index contributed by atoms with van der Waals surface area (Å²) in [6, 6.07) is 0.891. The number of nitrogen functional groups attached to an aromatic ring is 1. The molecule has 0 spiro atoms. The number of nitrogens with zero attached hydrogens (tertiary/aromatic N) is 1. The van der Waals surface area contributed by atoms with Gasteiger partial charge in [-0.15, -0.1) is 0 Å². The lowest BCUT2D eigenvalue weighted by Gasteiger charge is -2.14. The lowest BCUT2D eigenvalue weighted by atomic mass is 10.1. The zero-order valence-corrected chi connectivity index (χ0v) is 7.24. The fraction of sp³-hybridized carbons (Fsp3) is 0.375. The second-order valence-corrected chi connectivity index (χ2v) is 2.95. The highest BCUT2D eigenvalue weighted by molar-refractivity contribution is 5.39. The van der Waals surface area contributed by atoms with Crippen molar-refractivity contribution in [3.8, 4) is 0 Å². The number of hydrogen-bond donors (Lipinski definition) is 3. The van der Waals surface area contributed by atoms with Crippen LogP contribution in [0.5, 0.6) is 0 Å². The smallest absolute Gasteiger partial charge is 0.236 e. The minimum absolute atomic E-state index is 0.0859. The predicted octanol–water partition coefficient (Wildman–Crippen LogP) is 0.184. The first-order valence-corrected chi connectivity index (χ1v) is 3.87. The summed E-state index contributed by atoms with van der Waals surface area (Å²) in [5.74, 6) is -0.736. The molecule has 1 rings (SSSR count).